The molecule has 1 aliphatic carbocycles. The van der Waals surface area contributed by atoms with Crippen molar-refractivity contribution >= 4 is 5.91 Å². The SMILES string of the molecule is Cc1cnn(C)c1-c1cnc2n1CCN(C(=O)[C@@H]1C[C@H]1C)CC2. The van der Waals surface area contributed by atoms with Crippen molar-refractivity contribution in [3.63, 3.8) is 0 Å². The fourth-order valence-corrected chi connectivity index (χ4v) is 3.66. The first-order valence-electron chi connectivity index (χ1n) is 8.38. The first kappa shape index (κ1) is 14.5. The van der Waals surface area contributed by atoms with Crippen LogP contribution >= 0.6 is 0 Å². The van der Waals surface area contributed by atoms with Gasteiger partial charge in [-0.3, -0.25) is 9.48 Å². The highest BCUT2D eigenvalue weighted by molar-refractivity contribution is 5.81. The van der Waals surface area contributed by atoms with E-state index in [1.54, 1.807) is 0 Å². The minimum atomic E-state index is 0.263. The maximum absolute atomic E-state index is 12.5. The van der Waals surface area contributed by atoms with E-state index in [-0.39, 0.29) is 5.92 Å². The van der Waals surface area contributed by atoms with Crippen molar-refractivity contribution in [1.82, 2.24) is 24.2 Å². The molecule has 0 bridgehead atoms. The molecular formula is C17H23N5O. The molecule has 2 aromatic heterocycles. The van der Waals surface area contributed by atoms with Gasteiger partial charge in [-0.1, -0.05) is 6.92 Å². The maximum Gasteiger partial charge on any atom is 0.226 e. The van der Waals surface area contributed by atoms with Crippen LogP contribution in [0.1, 0.15) is 24.7 Å². The van der Waals surface area contributed by atoms with Gasteiger partial charge in [0, 0.05) is 39.0 Å². The first-order valence-corrected chi connectivity index (χ1v) is 8.38. The highest BCUT2D eigenvalue weighted by Gasteiger charge is 2.41. The Morgan fingerprint density at radius 3 is 2.70 bits per heavy atom. The van der Waals surface area contributed by atoms with Gasteiger partial charge in [-0.25, -0.2) is 4.98 Å². The van der Waals surface area contributed by atoms with Crippen LogP contribution in [0, 0.1) is 18.8 Å². The van der Waals surface area contributed by atoms with E-state index in [1.165, 1.54) is 0 Å². The third kappa shape index (κ3) is 2.36. The van der Waals surface area contributed by atoms with E-state index >= 15 is 0 Å². The molecule has 1 amide bonds. The highest BCUT2D eigenvalue weighted by atomic mass is 16.2. The number of hydrogen-bond acceptors (Lipinski definition) is 3. The van der Waals surface area contributed by atoms with Crippen LogP contribution < -0.4 is 0 Å². The number of rotatable bonds is 2. The summed E-state index contributed by atoms with van der Waals surface area (Å²) in [6.45, 7) is 6.60. The Hall–Kier alpha value is -2.11. The zero-order valence-electron chi connectivity index (χ0n) is 14.0. The Morgan fingerprint density at radius 1 is 1.26 bits per heavy atom. The van der Waals surface area contributed by atoms with Gasteiger partial charge in [-0.2, -0.15) is 5.10 Å². The Bertz CT molecular complexity index is 740. The van der Waals surface area contributed by atoms with Gasteiger partial charge in [0.2, 0.25) is 5.91 Å². The average molecular weight is 313 g/mol. The molecule has 1 saturated carbocycles. The third-order valence-electron chi connectivity index (χ3n) is 5.24. The summed E-state index contributed by atoms with van der Waals surface area (Å²) in [5, 5.41) is 4.34. The molecular weight excluding hydrogens is 290 g/mol. The number of imidazole rings is 1. The molecule has 6 heteroatoms. The lowest BCUT2D eigenvalue weighted by atomic mass is 10.2. The van der Waals surface area contributed by atoms with Gasteiger partial charge < -0.3 is 9.47 Å². The normalized spacial score (nSPS) is 23.5. The van der Waals surface area contributed by atoms with Crippen molar-refractivity contribution in [2.75, 3.05) is 13.1 Å². The van der Waals surface area contributed by atoms with Crippen LogP contribution in [-0.2, 0) is 24.8 Å². The van der Waals surface area contributed by atoms with E-state index in [4.69, 9.17) is 0 Å². The summed E-state index contributed by atoms with van der Waals surface area (Å²) < 4.78 is 4.16. The molecule has 6 nitrogen and oxygen atoms in total. The number of carbonyl (C=O) groups is 1. The molecule has 0 N–H and O–H groups in total. The predicted molar refractivity (Wildman–Crippen MR) is 86.7 cm³/mol. The predicted octanol–water partition coefficient (Wildman–Crippen LogP) is 1.63. The van der Waals surface area contributed by atoms with Crippen LogP contribution in [0.15, 0.2) is 12.4 Å². The van der Waals surface area contributed by atoms with Crippen LogP contribution in [0.25, 0.3) is 11.4 Å². The molecule has 3 heterocycles. The zero-order valence-corrected chi connectivity index (χ0v) is 14.0. The van der Waals surface area contributed by atoms with Gasteiger partial charge in [0.1, 0.15) is 5.82 Å². The van der Waals surface area contributed by atoms with Crippen LogP contribution in [0.3, 0.4) is 0 Å². The summed E-state index contributed by atoms with van der Waals surface area (Å²) in [7, 11) is 1.96. The van der Waals surface area contributed by atoms with Crippen molar-refractivity contribution in [1.29, 1.82) is 0 Å². The number of aromatic nitrogens is 4. The number of hydrogen-bond donors (Lipinski definition) is 0. The van der Waals surface area contributed by atoms with Crippen molar-refractivity contribution < 1.29 is 4.79 Å². The van der Waals surface area contributed by atoms with E-state index in [9.17, 15) is 4.79 Å². The van der Waals surface area contributed by atoms with E-state index < -0.39 is 0 Å². The summed E-state index contributed by atoms with van der Waals surface area (Å²) in [5.41, 5.74) is 3.37. The van der Waals surface area contributed by atoms with E-state index in [0.29, 0.717) is 11.8 Å². The van der Waals surface area contributed by atoms with Gasteiger partial charge in [-0.05, 0) is 24.8 Å². The minimum Gasteiger partial charge on any atom is -0.340 e. The van der Waals surface area contributed by atoms with Crippen LogP contribution in [0.2, 0.25) is 0 Å². The molecule has 0 radical (unpaired) electrons. The minimum absolute atomic E-state index is 0.263. The first-order chi connectivity index (χ1) is 11.1. The average Bonchev–Trinajstić information content (AvgIpc) is 3.09. The van der Waals surface area contributed by atoms with Gasteiger partial charge in [0.05, 0.1) is 23.8 Å². The molecule has 2 atom stereocenters. The molecule has 0 unspecified atom stereocenters. The topological polar surface area (TPSA) is 56.0 Å². The second-order valence-corrected chi connectivity index (χ2v) is 6.91. The third-order valence-corrected chi connectivity index (χ3v) is 5.24. The second-order valence-electron chi connectivity index (χ2n) is 6.91. The van der Waals surface area contributed by atoms with Crippen molar-refractivity contribution in [2.24, 2.45) is 18.9 Å². The number of carbonyl (C=O) groups excluding carboxylic acids is 1. The highest BCUT2D eigenvalue weighted by Crippen LogP contribution is 2.39. The van der Waals surface area contributed by atoms with E-state index in [1.807, 2.05) is 29.0 Å². The molecule has 4 rings (SSSR count). The fourth-order valence-electron chi connectivity index (χ4n) is 3.66. The Balaban J connectivity index is 1.59. The standard InChI is InChI=1S/C17H23N5O/c1-11-8-13(11)17(23)21-5-4-15-18-10-14(22(15)7-6-21)16-12(2)9-19-20(16)3/h9-11,13H,4-8H2,1-3H3/t11-,13-/m1/s1. The molecule has 0 spiro atoms. The molecule has 1 aliphatic heterocycles. The lowest BCUT2D eigenvalue weighted by molar-refractivity contribution is -0.132. The second kappa shape index (κ2) is 5.22. The number of aryl methyl sites for hydroxylation is 2. The van der Waals surface area contributed by atoms with Crippen LogP contribution in [0.5, 0.6) is 0 Å². The largest absolute Gasteiger partial charge is 0.340 e. The Morgan fingerprint density at radius 2 is 2.04 bits per heavy atom. The molecule has 2 aliphatic rings. The maximum atomic E-state index is 12.5. The summed E-state index contributed by atoms with van der Waals surface area (Å²) in [6, 6.07) is 0. The number of nitrogens with zero attached hydrogens (tertiary/aromatic N) is 5. The molecule has 1 fully saturated rings. The molecule has 0 aromatic carbocycles. The monoisotopic (exact) mass is 313 g/mol. The summed E-state index contributed by atoms with van der Waals surface area (Å²) >= 11 is 0. The smallest absolute Gasteiger partial charge is 0.226 e. The number of amides is 1. The van der Waals surface area contributed by atoms with Gasteiger partial charge >= 0.3 is 0 Å². The molecule has 122 valence electrons. The summed E-state index contributed by atoms with van der Waals surface area (Å²) in [4.78, 5) is 19.1. The Labute approximate surface area is 136 Å². The zero-order chi connectivity index (χ0) is 16.1. The lowest BCUT2D eigenvalue weighted by Crippen LogP contribution is -2.35. The van der Waals surface area contributed by atoms with Gasteiger partial charge in [0.25, 0.3) is 0 Å². The van der Waals surface area contributed by atoms with Crippen LogP contribution in [-0.4, -0.2) is 43.2 Å². The van der Waals surface area contributed by atoms with Crippen molar-refractivity contribution in [2.45, 2.75) is 33.2 Å². The Kier molecular flexibility index (Phi) is 3.28. The van der Waals surface area contributed by atoms with E-state index in [2.05, 4.69) is 28.5 Å². The quantitative estimate of drug-likeness (QED) is 0.847. The lowest BCUT2D eigenvalue weighted by Gasteiger charge is -2.20. The van der Waals surface area contributed by atoms with Gasteiger partial charge in [0.15, 0.2) is 0 Å². The fraction of sp³-hybridized carbons (Fsp3) is 0.588. The molecule has 0 saturated heterocycles. The molecule has 23 heavy (non-hydrogen) atoms. The van der Waals surface area contributed by atoms with Crippen molar-refractivity contribution in [3.05, 3.63) is 23.8 Å². The molecule has 2 aromatic rings. The van der Waals surface area contributed by atoms with Crippen molar-refractivity contribution in [3.8, 4) is 11.4 Å². The van der Waals surface area contributed by atoms with Gasteiger partial charge in [-0.15, -0.1) is 0 Å². The summed E-state index contributed by atoms with van der Waals surface area (Å²) in [6.07, 6.45) is 5.71. The summed E-state index contributed by atoms with van der Waals surface area (Å²) in [5.74, 6) is 2.23. The van der Waals surface area contributed by atoms with E-state index in [0.717, 1.165) is 55.3 Å². The van der Waals surface area contributed by atoms with Crippen LogP contribution in [0.4, 0.5) is 0 Å². The number of fused-ring (bicyclic) bond motifs is 1.